The third kappa shape index (κ3) is 7.59. The monoisotopic (exact) mass is 1150 g/mol. The Morgan fingerprint density at radius 3 is 1.47 bits per heavy atom. The summed E-state index contributed by atoms with van der Waals surface area (Å²) in [6.07, 6.45) is 0. The molecule has 89 heavy (non-hydrogen) atoms. The van der Waals surface area contributed by atoms with Gasteiger partial charge >= 0.3 is 0 Å². The molecule has 2 aliphatic heterocycles. The van der Waals surface area contributed by atoms with Crippen LogP contribution in [-0.4, -0.2) is 15.8 Å². The lowest BCUT2D eigenvalue weighted by Crippen LogP contribution is -2.60. The summed E-state index contributed by atoms with van der Waals surface area (Å²) in [5.41, 5.74) is 28.4. The first-order valence-electron chi connectivity index (χ1n) is 30.8. The summed E-state index contributed by atoms with van der Waals surface area (Å²) in [7, 11) is 0. The molecule has 3 aromatic heterocycles. The van der Waals surface area contributed by atoms with Crippen LogP contribution in [0.25, 0.3) is 142 Å². The second-order valence-corrected chi connectivity index (χ2v) is 24.9. The lowest BCUT2D eigenvalue weighted by Gasteiger charge is -2.42. The molecule has 0 N–H and O–H groups in total. The maximum absolute atomic E-state index is 2.71. The van der Waals surface area contributed by atoms with Gasteiger partial charge in [0.2, 0.25) is 0 Å². The molecule has 2 aliphatic rings. The largest absolute Gasteiger partial charge is 0.310 e. The number of fused-ring (bicyclic) bond motifs is 13. The van der Waals surface area contributed by atoms with E-state index in [2.05, 4.69) is 329 Å². The molecule has 0 saturated heterocycles. The Kier molecular flexibility index (Phi) is 11.0. The summed E-state index contributed by atoms with van der Waals surface area (Å²) in [5.74, 6) is 0. The number of benzene rings is 14. The van der Waals surface area contributed by atoms with Crippen LogP contribution in [0.2, 0.25) is 0 Å². The molecule has 0 bridgehead atoms. The zero-order chi connectivity index (χ0) is 58.3. The molecule has 0 saturated carbocycles. The fourth-order valence-electron chi connectivity index (χ4n) is 15.2. The molecule has 14 aromatic carbocycles. The fraction of sp³-hybridized carbons (Fsp3) is 0. The van der Waals surface area contributed by atoms with E-state index in [1.54, 1.807) is 0 Å². The number of hydrogen-bond acceptors (Lipinski definition) is 2. The quantitative estimate of drug-likeness (QED) is 0.138. The van der Waals surface area contributed by atoms with Crippen molar-refractivity contribution in [2.45, 2.75) is 0 Å². The van der Waals surface area contributed by atoms with Crippen LogP contribution in [-0.2, 0) is 0 Å². The van der Waals surface area contributed by atoms with Crippen LogP contribution >= 0.6 is 11.3 Å². The molecular weight excluding hydrogens is 1090 g/mol. The molecular formula is C84H52BN3S. The zero-order valence-corrected chi connectivity index (χ0v) is 49.2. The molecule has 3 nitrogen and oxygen atoms in total. The van der Waals surface area contributed by atoms with Crippen LogP contribution in [0.3, 0.4) is 0 Å². The lowest BCUT2D eigenvalue weighted by atomic mass is 9.33. The first kappa shape index (κ1) is 50.0. The van der Waals surface area contributed by atoms with Gasteiger partial charge in [0.15, 0.2) is 0 Å². The SMILES string of the molecule is c1ccc(-c2cc(-c3ccccc3)c(N3c4cc5c6ccccc6n(-c6ccccc6)c5cc4B4c5c3cc(-c3ccc(-c6ccccc6)c(-c6ccccc6)c3)cc5-n3c5cc6sc7ccccc7c6cc5c5cccc4c53)c(-c3ccccc3)c2)cc1. The minimum Gasteiger partial charge on any atom is -0.310 e. The predicted octanol–water partition coefficient (Wildman–Crippen LogP) is 20.9. The highest BCUT2D eigenvalue weighted by Gasteiger charge is 2.44. The van der Waals surface area contributed by atoms with Crippen molar-refractivity contribution in [2.24, 2.45) is 0 Å². The van der Waals surface area contributed by atoms with Crippen molar-refractivity contribution in [3.8, 4) is 78.1 Å². The number of thiophene rings is 1. The van der Waals surface area contributed by atoms with Gasteiger partial charge in [-0.1, -0.05) is 237 Å². The van der Waals surface area contributed by atoms with Gasteiger partial charge in [0, 0.05) is 81.1 Å². The van der Waals surface area contributed by atoms with Gasteiger partial charge in [0.05, 0.1) is 22.2 Å². The number of rotatable bonds is 8. The van der Waals surface area contributed by atoms with Gasteiger partial charge in [0.25, 0.3) is 6.71 Å². The maximum Gasteiger partial charge on any atom is 0.252 e. The van der Waals surface area contributed by atoms with Gasteiger partial charge in [-0.2, -0.15) is 0 Å². The molecule has 0 spiro atoms. The molecule has 5 heteroatoms. The topological polar surface area (TPSA) is 13.1 Å². The van der Waals surface area contributed by atoms with E-state index in [1.165, 1.54) is 114 Å². The fourth-order valence-corrected chi connectivity index (χ4v) is 16.3. The smallest absolute Gasteiger partial charge is 0.252 e. The Labute approximate surface area is 519 Å². The minimum absolute atomic E-state index is 0.154. The summed E-state index contributed by atoms with van der Waals surface area (Å²) in [5, 5.41) is 7.56. The Bertz CT molecular complexity index is 5650. The van der Waals surface area contributed by atoms with E-state index in [9.17, 15) is 0 Å². The summed E-state index contributed by atoms with van der Waals surface area (Å²) in [6.45, 7) is -0.154. The Morgan fingerprint density at radius 2 is 0.787 bits per heavy atom. The van der Waals surface area contributed by atoms with E-state index < -0.39 is 0 Å². The molecule has 19 rings (SSSR count). The maximum atomic E-state index is 2.71. The molecule has 5 heterocycles. The Morgan fingerprint density at radius 1 is 0.258 bits per heavy atom. The van der Waals surface area contributed by atoms with Crippen LogP contribution in [0.5, 0.6) is 0 Å². The Balaban J connectivity index is 1.01. The highest BCUT2D eigenvalue weighted by Crippen LogP contribution is 2.53. The Hall–Kier alpha value is -11.2. The molecule has 0 aliphatic carbocycles. The molecule has 412 valence electrons. The minimum atomic E-state index is -0.154. The number of nitrogens with zero attached hydrogens (tertiary/aromatic N) is 3. The molecule has 0 unspecified atom stereocenters. The lowest BCUT2D eigenvalue weighted by molar-refractivity contribution is 1.17. The van der Waals surface area contributed by atoms with E-state index in [4.69, 9.17) is 0 Å². The second kappa shape index (κ2) is 19.6. The first-order chi connectivity index (χ1) is 44.2. The van der Waals surface area contributed by atoms with Crippen molar-refractivity contribution >= 4 is 115 Å². The van der Waals surface area contributed by atoms with Crippen LogP contribution in [0.1, 0.15) is 0 Å². The van der Waals surface area contributed by atoms with Crippen molar-refractivity contribution < 1.29 is 0 Å². The number of para-hydroxylation sites is 3. The van der Waals surface area contributed by atoms with Crippen molar-refractivity contribution in [2.75, 3.05) is 4.90 Å². The zero-order valence-electron chi connectivity index (χ0n) is 48.3. The third-order valence-corrected chi connectivity index (χ3v) is 20.2. The summed E-state index contributed by atoms with van der Waals surface area (Å²) in [4.78, 5) is 2.71. The van der Waals surface area contributed by atoms with Crippen LogP contribution < -0.4 is 21.3 Å². The first-order valence-corrected chi connectivity index (χ1v) is 31.6. The van der Waals surface area contributed by atoms with E-state index in [-0.39, 0.29) is 6.71 Å². The van der Waals surface area contributed by atoms with Gasteiger partial charge < -0.3 is 14.0 Å². The van der Waals surface area contributed by atoms with E-state index in [0.29, 0.717) is 0 Å². The van der Waals surface area contributed by atoms with Gasteiger partial charge in [-0.15, -0.1) is 11.3 Å². The normalized spacial score (nSPS) is 12.4. The van der Waals surface area contributed by atoms with E-state index in [1.807, 2.05) is 11.3 Å². The van der Waals surface area contributed by atoms with Gasteiger partial charge in [-0.3, -0.25) is 0 Å². The van der Waals surface area contributed by atoms with E-state index >= 15 is 0 Å². The number of anilines is 3. The molecule has 17 aromatic rings. The van der Waals surface area contributed by atoms with Crippen LogP contribution in [0.15, 0.2) is 315 Å². The number of aromatic nitrogens is 2. The van der Waals surface area contributed by atoms with Crippen molar-refractivity contribution in [1.82, 2.24) is 9.13 Å². The van der Waals surface area contributed by atoms with Crippen molar-refractivity contribution in [3.05, 3.63) is 315 Å². The van der Waals surface area contributed by atoms with Crippen LogP contribution in [0.4, 0.5) is 17.1 Å². The standard InChI is InChI=1S/C84H52BN3S/c1-7-24-53(25-8-1)59-45-67(56-30-13-4-14-31-56)83(68(46-59)57-32-15-5-16-33-57)88-77-50-70-63-36-19-21-40-74(63)86(61-34-17-6-18-35-61)75(70)51-73(77)85-72-39-23-38-65-69-49-71-64-37-20-22-41-80(64)89-81(71)52-76(69)87(84(65)72)78-47-60(48-79(88)82(78)85)58-42-43-62(54-26-9-2-10-27-54)66(44-58)55-28-11-3-12-29-55/h1-52H. The van der Waals surface area contributed by atoms with Gasteiger partial charge in [-0.25, -0.2) is 0 Å². The second-order valence-electron chi connectivity index (χ2n) is 23.9. The predicted molar refractivity (Wildman–Crippen MR) is 380 cm³/mol. The summed E-state index contributed by atoms with van der Waals surface area (Å²) in [6, 6.07) is 118. The number of hydrogen-bond donors (Lipinski definition) is 0. The highest BCUT2D eigenvalue weighted by atomic mass is 32.1. The molecule has 0 radical (unpaired) electrons. The van der Waals surface area contributed by atoms with Gasteiger partial charge in [0.1, 0.15) is 0 Å². The molecule has 0 fully saturated rings. The molecule has 0 amide bonds. The van der Waals surface area contributed by atoms with Crippen molar-refractivity contribution in [3.63, 3.8) is 0 Å². The average molecular weight is 1150 g/mol. The summed E-state index contributed by atoms with van der Waals surface area (Å²) >= 11 is 1.89. The van der Waals surface area contributed by atoms with Crippen molar-refractivity contribution in [1.29, 1.82) is 0 Å². The van der Waals surface area contributed by atoms with Gasteiger partial charge in [-0.05, 0) is 151 Å². The summed E-state index contributed by atoms with van der Waals surface area (Å²) < 4.78 is 7.75. The average Bonchev–Trinajstić information content (AvgIpc) is 1.66. The highest BCUT2D eigenvalue weighted by molar-refractivity contribution is 7.25. The third-order valence-electron chi connectivity index (χ3n) is 19.1. The van der Waals surface area contributed by atoms with Crippen LogP contribution in [0, 0.1) is 0 Å². The molecule has 0 atom stereocenters. The van der Waals surface area contributed by atoms with E-state index in [0.717, 1.165) is 61.7 Å².